The second-order valence-corrected chi connectivity index (χ2v) is 7.25. The number of rotatable bonds is 0. The molecule has 0 saturated carbocycles. The number of ether oxygens (including phenoxy) is 4. The third kappa shape index (κ3) is 6.70. The Labute approximate surface area is 186 Å². The normalized spacial score (nSPS) is 17.0. The van der Waals surface area contributed by atoms with Gasteiger partial charge in [0.2, 0.25) is 0 Å². The Balaban J connectivity index is 1.61. The van der Waals surface area contributed by atoms with Crippen molar-refractivity contribution in [2.45, 2.75) is 25.7 Å². The highest BCUT2D eigenvalue weighted by molar-refractivity contribution is 5.93. The van der Waals surface area contributed by atoms with Gasteiger partial charge in [0.05, 0.1) is 43.1 Å². The van der Waals surface area contributed by atoms with Crippen molar-refractivity contribution in [3.8, 4) is 0 Å². The van der Waals surface area contributed by atoms with Gasteiger partial charge in [-0.2, -0.15) is 0 Å². The fraction of sp³-hybridized carbons (Fsp3) is 0.320. The van der Waals surface area contributed by atoms with Gasteiger partial charge in [0, 0.05) is 5.56 Å². The zero-order valence-electron chi connectivity index (χ0n) is 17.8. The predicted molar refractivity (Wildman–Crippen MR) is 117 cm³/mol. The van der Waals surface area contributed by atoms with Crippen LogP contribution in [0.1, 0.15) is 62.3 Å². The van der Waals surface area contributed by atoms with Gasteiger partial charge in [-0.3, -0.25) is 0 Å². The van der Waals surface area contributed by atoms with E-state index in [2.05, 4.69) is 6.58 Å². The smallest absolute Gasteiger partial charge is 0.338 e. The molecule has 0 N–H and O–H groups in total. The van der Waals surface area contributed by atoms with Gasteiger partial charge in [-0.25, -0.2) is 14.4 Å². The van der Waals surface area contributed by atoms with Crippen molar-refractivity contribution < 1.29 is 33.3 Å². The molecule has 0 aromatic heterocycles. The van der Waals surface area contributed by atoms with Crippen molar-refractivity contribution in [2.75, 3.05) is 26.4 Å². The van der Waals surface area contributed by atoms with Crippen molar-refractivity contribution in [1.29, 1.82) is 0 Å². The van der Waals surface area contributed by atoms with Gasteiger partial charge in [0.25, 0.3) is 0 Å². The molecule has 0 atom stereocenters. The van der Waals surface area contributed by atoms with E-state index in [0.29, 0.717) is 54.7 Å². The van der Waals surface area contributed by atoms with Crippen LogP contribution in [-0.2, 0) is 18.9 Å². The molecule has 2 aromatic rings. The monoisotopic (exact) mass is 438 g/mol. The van der Waals surface area contributed by atoms with E-state index in [-0.39, 0.29) is 19.8 Å². The summed E-state index contributed by atoms with van der Waals surface area (Å²) in [4.78, 5) is 36.4. The zero-order valence-corrected chi connectivity index (χ0v) is 17.8. The second kappa shape index (κ2) is 11.7. The zero-order chi connectivity index (χ0) is 22.8. The molecule has 0 amide bonds. The van der Waals surface area contributed by atoms with E-state index in [1.807, 2.05) is 0 Å². The molecule has 6 rings (SSSR count). The summed E-state index contributed by atoms with van der Waals surface area (Å²) in [5.74, 6) is -0.826. The van der Waals surface area contributed by atoms with Crippen LogP contribution in [-0.4, -0.2) is 44.3 Å². The summed E-state index contributed by atoms with van der Waals surface area (Å²) < 4.78 is 21.4. The van der Waals surface area contributed by atoms with E-state index in [4.69, 9.17) is 18.9 Å². The average molecular weight is 438 g/mol. The molecule has 2 aromatic carbocycles. The molecule has 4 aliphatic heterocycles. The molecule has 0 radical (unpaired) electrons. The van der Waals surface area contributed by atoms with Crippen LogP contribution in [0.5, 0.6) is 0 Å². The number of carbonyl (C=O) groups excluding carboxylic acids is 3. The van der Waals surface area contributed by atoms with E-state index in [9.17, 15) is 14.4 Å². The lowest BCUT2D eigenvalue weighted by Crippen LogP contribution is -2.10. The van der Waals surface area contributed by atoms with Gasteiger partial charge in [-0.1, -0.05) is 18.7 Å². The summed E-state index contributed by atoms with van der Waals surface area (Å²) in [5, 5.41) is 0. The van der Waals surface area contributed by atoms with E-state index in [0.717, 1.165) is 5.56 Å². The molecule has 0 saturated heterocycles. The molecule has 4 heterocycles. The van der Waals surface area contributed by atoms with Gasteiger partial charge >= 0.3 is 17.9 Å². The predicted octanol–water partition coefficient (Wildman–Crippen LogP) is 4.42. The number of hydrogen-bond donors (Lipinski definition) is 0. The fourth-order valence-corrected chi connectivity index (χ4v) is 2.97. The van der Waals surface area contributed by atoms with Crippen molar-refractivity contribution in [3.05, 3.63) is 77.4 Å². The maximum Gasteiger partial charge on any atom is 0.338 e. The average Bonchev–Trinajstić information content (AvgIpc) is 2.82. The van der Waals surface area contributed by atoms with E-state index >= 15 is 0 Å². The van der Waals surface area contributed by atoms with Crippen LogP contribution in [0.3, 0.4) is 0 Å². The van der Waals surface area contributed by atoms with Crippen molar-refractivity contribution in [2.24, 2.45) is 0 Å². The SMILES string of the molecule is C=C1OCCCCOC(=O)c2ccc(cc2)C(=O)OCCCCOC(=O)c2ccc1cc2. The minimum atomic E-state index is -0.474. The Morgan fingerprint density at radius 3 is 1.09 bits per heavy atom. The molecule has 4 aliphatic rings. The topological polar surface area (TPSA) is 88.1 Å². The Bertz CT molecular complexity index is 788. The Morgan fingerprint density at radius 1 is 0.469 bits per heavy atom. The molecule has 0 unspecified atom stereocenters. The van der Waals surface area contributed by atoms with Crippen LogP contribution in [0.2, 0.25) is 0 Å². The van der Waals surface area contributed by atoms with Crippen molar-refractivity contribution >= 4 is 23.7 Å². The fourth-order valence-electron chi connectivity index (χ4n) is 2.97. The molecule has 0 fully saturated rings. The maximum atomic E-state index is 12.2. The summed E-state index contributed by atoms with van der Waals surface area (Å²) in [5.41, 5.74) is 1.93. The molecular formula is C25H26O7. The molecule has 4 bridgehead atoms. The molecule has 7 nitrogen and oxygen atoms in total. The van der Waals surface area contributed by atoms with Gasteiger partial charge in [-0.15, -0.1) is 0 Å². The Hall–Kier alpha value is -3.61. The summed E-state index contributed by atoms with van der Waals surface area (Å²) in [6.45, 7) is 5.03. The number of benzene rings is 2. The van der Waals surface area contributed by atoms with E-state index in [1.165, 1.54) is 24.3 Å². The number of hydrogen-bond acceptors (Lipinski definition) is 7. The van der Waals surface area contributed by atoms with Crippen molar-refractivity contribution in [1.82, 2.24) is 0 Å². The van der Waals surface area contributed by atoms with Gasteiger partial charge in [0.15, 0.2) is 0 Å². The Morgan fingerprint density at radius 2 is 0.750 bits per heavy atom. The molecule has 0 spiro atoms. The third-order valence-corrected chi connectivity index (χ3v) is 4.85. The standard InChI is InChI=1S/C25H26O7/c1-18-19-6-8-20(9-7-19)23(26)31-16-4-5-17-32-25(28)22-12-10-21(11-13-22)24(27)30-15-3-2-14-29-18/h6-13H,1-5,14-17H2. The first kappa shape index (κ1) is 23.1. The molecule has 32 heavy (non-hydrogen) atoms. The van der Waals surface area contributed by atoms with E-state index in [1.54, 1.807) is 24.3 Å². The van der Waals surface area contributed by atoms with Gasteiger partial charge < -0.3 is 18.9 Å². The lowest BCUT2D eigenvalue weighted by Gasteiger charge is -2.11. The highest BCUT2D eigenvalue weighted by atomic mass is 16.5. The van der Waals surface area contributed by atoms with Crippen LogP contribution in [0.15, 0.2) is 55.1 Å². The highest BCUT2D eigenvalue weighted by Gasteiger charge is 2.12. The van der Waals surface area contributed by atoms with Crippen molar-refractivity contribution in [3.63, 3.8) is 0 Å². The summed E-state index contributed by atoms with van der Waals surface area (Å²) in [7, 11) is 0. The third-order valence-electron chi connectivity index (χ3n) is 4.85. The highest BCUT2D eigenvalue weighted by Crippen LogP contribution is 2.16. The van der Waals surface area contributed by atoms with Gasteiger partial charge in [0.1, 0.15) is 5.76 Å². The largest absolute Gasteiger partial charge is 0.494 e. The number of carbonyl (C=O) groups is 3. The Kier molecular flexibility index (Phi) is 8.43. The van der Waals surface area contributed by atoms with Crippen LogP contribution >= 0.6 is 0 Å². The van der Waals surface area contributed by atoms with Crippen LogP contribution in [0.25, 0.3) is 5.76 Å². The summed E-state index contributed by atoms with van der Waals surface area (Å²) >= 11 is 0. The van der Waals surface area contributed by atoms with Gasteiger partial charge in [-0.05, 0) is 62.1 Å². The first-order valence-electron chi connectivity index (χ1n) is 10.6. The molecule has 0 aliphatic carbocycles. The lowest BCUT2D eigenvalue weighted by atomic mass is 10.1. The van der Waals surface area contributed by atoms with Crippen LogP contribution in [0, 0.1) is 0 Å². The minimum absolute atomic E-state index is 0.205. The van der Waals surface area contributed by atoms with E-state index < -0.39 is 17.9 Å². The molecular weight excluding hydrogens is 412 g/mol. The minimum Gasteiger partial charge on any atom is -0.494 e. The van der Waals surface area contributed by atoms with Crippen LogP contribution < -0.4 is 0 Å². The summed E-state index contributed by atoms with van der Waals surface area (Å²) in [6.07, 6.45) is 2.43. The number of esters is 3. The maximum absolute atomic E-state index is 12.2. The summed E-state index contributed by atoms with van der Waals surface area (Å²) in [6, 6.07) is 13.0. The molecule has 7 heteroatoms. The lowest BCUT2D eigenvalue weighted by molar-refractivity contribution is 0.0432. The first-order valence-corrected chi connectivity index (χ1v) is 10.6. The molecule has 168 valence electrons. The second-order valence-electron chi connectivity index (χ2n) is 7.25. The quantitative estimate of drug-likeness (QED) is 0.444. The first-order chi connectivity index (χ1) is 15.5. The van der Waals surface area contributed by atoms with Crippen LogP contribution in [0.4, 0.5) is 0 Å².